The van der Waals surface area contributed by atoms with E-state index < -0.39 is 12.8 Å². The van der Waals surface area contributed by atoms with Crippen LogP contribution in [0.1, 0.15) is 25.3 Å². The van der Waals surface area contributed by atoms with Gasteiger partial charge in [-0.1, -0.05) is 6.07 Å². The molecule has 0 aliphatic carbocycles. The van der Waals surface area contributed by atoms with Crippen LogP contribution < -0.4 is 14.8 Å². The van der Waals surface area contributed by atoms with E-state index in [4.69, 9.17) is 9.47 Å². The fraction of sp³-hybridized carbons (Fsp3) is 0.588. The molecule has 0 atom stereocenters. The van der Waals surface area contributed by atoms with Crippen molar-refractivity contribution in [3.05, 3.63) is 23.8 Å². The lowest BCUT2D eigenvalue weighted by Crippen LogP contribution is -2.39. The summed E-state index contributed by atoms with van der Waals surface area (Å²) in [5, 5.41) is 3.27. The molecule has 2 rings (SSSR count). The second kappa shape index (κ2) is 10.7. The van der Waals surface area contributed by atoms with Crippen LogP contribution in [-0.4, -0.2) is 50.4 Å². The molecule has 0 saturated carbocycles. The maximum atomic E-state index is 12.3. The minimum atomic E-state index is -4.38. The molecule has 9 heteroatoms. The highest BCUT2D eigenvalue weighted by atomic mass is 127. The molecule has 1 aromatic carbocycles. The Morgan fingerprint density at radius 2 is 1.92 bits per heavy atom. The molecule has 0 spiro atoms. The predicted octanol–water partition coefficient (Wildman–Crippen LogP) is 3.82. The number of nitrogens with zero attached hydrogens (tertiary/aromatic N) is 2. The highest BCUT2D eigenvalue weighted by Crippen LogP contribution is 2.30. The zero-order valence-electron chi connectivity index (χ0n) is 14.9. The van der Waals surface area contributed by atoms with E-state index in [1.807, 2.05) is 6.92 Å². The van der Waals surface area contributed by atoms with Gasteiger partial charge in [-0.15, -0.1) is 24.0 Å². The molecule has 0 unspecified atom stereocenters. The Morgan fingerprint density at radius 1 is 1.23 bits per heavy atom. The molecule has 0 bridgehead atoms. The molecule has 1 aliphatic heterocycles. The number of ether oxygens (including phenoxy) is 2. The van der Waals surface area contributed by atoms with E-state index in [2.05, 4.69) is 15.2 Å². The first-order valence-corrected chi connectivity index (χ1v) is 8.32. The van der Waals surface area contributed by atoms with Gasteiger partial charge in [0, 0.05) is 19.6 Å². The molecular formula is C17H25F3IN3O2. The summed E-state index contributed by atoms with van der Waals surface area (Å²) in [4.78, 5) is 6.82. The largest absolute Gasteiger partial charge is 0.493 e. The number of alkyl halides is 3. The summed E-state index contributed by atoms with van der Waals surface area (Å²) >= 11 is 0. The van der Waals surface area contributed by atoms with Crippen molar-refractivity contribution in [2.24, 2.45) is 4.99 Å². The van der Waals surface area contributed by atoms with Gasteiger partial charge in [-0.2, -0.15) is 13.2 Å². The summed E-state index contributed by atoms with van der Waals surface area (Å²) in [5.41, 5.74) is 0.839. The molecule has 1 aromatic rings. The zero-order valence-corrected chi connectivity index (χ0v) is 17.3. The van der Waals surface area contributed by atoms with Crippen molar-refractivity contribution >= 4 is 29.9 Å². The molecule has 0 radical (unpaired) electrons. The van der Waals surface area contributed by atoms with Crippen molar-refractivity contribution in [1.82, 2.24) is 10.2 Å². The van der Waals surface area contributed by atoms with Gasteiger partial charge in [0.1, 0.15) is 0 Å². The molecule has 5 nitrogen and oxygen atoms in total. The molecule has 0 aromatic heterocycles. The van der Waals surface area contributed by atoms with Gasteiger partial charge >= 0.3 is 6.18 Å². The lowest BCUT2D eigenvalue weighted by Gasteiger charge is -2.20. The summed E-state index contributed by atoms with van der Waals surface area (Å²) in [6.45, 7) is 3.83. The van der Waals surface area contributed by atoms with Crippen LogP contribution in [-0.2, 0) is 6.54 Å². The van der Waals surface area contributed by atoms with Crippen molar-refractivity contribution in [1.29, 1.82) is 0 Å². The maximum absolute atomic E-state index is 12.3. The van der Waals surface area contributed by atoms with Gasteiger partial charge in [-0.05, 0) is 37.5 Å². The summed E-state index contributed by atoms with van der Waals surface area (Å²) in [7, 11) is 1.40. The predicted molar refractivity (Wildman–Crippen MR) is 106 cm³/mol. The number of benzene rings is 1. The summed E-state index contributed by atoms with van der Waals surface area (Å²) in [6, 6.07) is 4.84. The monoisotopic (exact) mass is 487 g/mol. The van der Waals surface area contributed by atoms with Crippen molar-refractivity contribution in [2.75, 3.05) is 33.4 Å². The minimum Gasteiger partial charge on any atom is -0.493 e. The average molecular weight is 487 g/mol. The van der Waals surface area contributed by atoms with Crippen LogP contribution in [0.2, 0.25) is 0 Å². The number of aliphatic imine (C=N–C) groups is 1. The Labute approximate surface area is 169 Å². The molecule has 1 heterocycles. The Kier molecular flexibility index (Phi) is 9.31. The van der Waals surface area contributed by atoms with E-state index in [1.54, 1.807) is 12.1 Å². The minimum absolute atomic E-state index is 0. The number of guanidine groups is 1. The summed E-state index contributed by atoms with van der Waals surface area (Å²) < 4.78 is 46.8. The lowest BCUT2D eigenvalue weighted by atomic mass is 10.2. The third kappa shape index (κ3) is 7.08. The van der Waals surface area contributed by atoms with E-state index in [9.17, 15) is 13.2 Å². The summed E-state index contributed by atoms with van der Waals surface area (Å²) in [5.74, 6) is 1.19. The number of methoxy groups -OCH3 is 1. The number of nitrogens with one attached hydrogen (secondary N) is 1. The van der Waals surface area contributed by atoms with Crippen LogP contribution in [0.15, 0.2) is 23.2 Å². The highest BCUT2D eigenvalue weighted by Gasteiger charge is 2.29. The molecule has 26 heavy (non-hydrogen) atoms. The van der Waals surface area contributed by atoms with Crippen LogP contribution in [0.3, 0.4) is 0 Å². The van der Waals surface area contributed by atoms with Crippen molar-refractivity contribution in [2.45, 2.75) is 32.5 Å². The molecule has 1 aliphatic rings. The molecule has 148 valence electrons. The van der Waals surface area contributed by atoms with Crippen LogP contribution in [0.4, 0.5) is 13.2 Å². The Morgan fingerprint density at radius 3 is 2.50 bits per heavy atom. The van der Waals surface area contributed by atoms with E-state index in [1.165, 1.54) is 13.2 Å². The van der Waals surface area contributed by atoms with Crippen LogP contribution in [0.5, 0.6) is 11.5 Å². The van der Waals surface area contributed by atoms with E-state index in [-0.39, 0.29) is 35.5 Å². The van der Waals surface area contributed by atoms with Gasteiger partial charge in [0.25, 0.3) is 0 Å². The second-order valence-corrected chi connectivity index (χ2v) is 5.75. The third-order valence-corrected chi connectivity index (χ3v) is 3.77. The van der Waals surface area contributed by atoms with Gasteiger partial charge in [-0.3, -0.25) is 0 Å². The van der Waals surface area contributed by atoms with Gasteiger partial charge in [-0.25, -0.2) is 4.99 Å². The molecule has 0 amide bonds. The second-order valence-electron chi connectivity index (χ2n) is 5.75. The van der Waals surface area contributed by atoms with Gasteiger partial charge in [0.05, 0.1) is 13.7 Å². The van der Waals surface area contributed by atoms with E-state index in [0.29, 0.717) is 6.54 Å². The number of hydrogen-bond donors (Lipinski definition) is 1. The Balaban J connectivity index is 0.00000338. The first kappa shape index (κ1) is 22.7. The van der Waals surface area contributed by atoms with Gasteiger partial charge in [0.2, 0.25) is 0 Å². The van der Waals surface area contributed by atoms with Crippen LogP contribution >= 0.6 is 24.0 Å². The first-order valence-electron chi connectivity index (χ1n) is 8.32. The average Bonchev–Trinajstić information content (AvgIpc) is 3.10. The topological polar surface area (TPSA) is 46.1 Å². The quantitative estimate of drug-likeness (QED) is 0.377. The van der Waals surface area contributed by atoms with Crippen molar-refractivity contribution in [3.63, 3.8) is 0 Å². The third-order valence-electron chi connectivity index (χ3n) is 3.77. The maximum Gasteiger partial charge on any atom is 0.422 e. The molecule has 1 fully saturated rings. The molecular weight excluding hydrogens is 462 g/mol. The van der Waals surface area contributed by atoms with Crippen molar-refractivity contribution < 1.29 is 22.6 Å². The molecule has 1 saturated heterocycles. The van der Waals surface area contributed by atoms with Crippen LogP contribution in [0, 0.1) is 0 Å². The highest BCUT2D eigenvalue weighted by molar-refractivity contribution is 14.0. The number of halogens is 4. The SMILES string of the molecule is CCNC(=NCc1ccc(OCC(F)(F)F)c(OC)c1)N1CCCC1.I. The van der Waals surface area contributed by atoms with E-state index in [0.717, 1.165) is 44.0 Å². The summed E-state index contributed by atoms with van der Waals surface area (Å²) in [6.07, 6.45) is -2.07. The number of rotatable bonds is 6. The van der Waals surface area contributed by atoms with Crippen molar-refractivity contribution in [3.8, 4) is 11.5 Å². The van der Waals surface area contributed by atoms with Gasteiger partial charge < -0.3 is 19.7 Å². The smallest absolute Gasteiger partial charge is 0.422 e. The number of hydrogen-bond acceptors (Lipinski definition) is 3. The number of likely N-dealkylation sites (tertiary alicyclic amines) is 1. The fourth-order valence-corrected chi connectivity index (χ4v) is 2.61. The Hall–Kier alpha value is -1.39. The van der Waals surface area contributed by atoms with Crippen LogP contribution in [0.25, 0.3) is 0 Å². The zero-order chi connectivity index (χ0) is 18.3. The van der Waals surface area contributed by atoms with Gasteiger partial charge in [0.15, 0.2) is 24.1 Å². The Bertz CT molecular complexity index is 591. The van der Waals surface area contributed by atoms with E-state index >= 15 is 0 Å². The fourth-order valence-electron chi connectivity index (χ4n) is 2.61. The molecule has 1 N–H and O–H groups in total. The standard InChI is InChI=1S/C17H24F3N3O2.HI/c1-3-21-16(23-8-4-5-9-23)22-11-13-6-7-14(15(10-13)24-2)25-12-17(18,19)20;/h6-7,10H,3-5,8-9,11-12H2,1-2H3,(H,21,22);1H. The first-order chi connectivity index (χ1) is 11.9. The normalized spacial score (nSPS) is 14.8. The lowest BCUT2D eigenvalue weighted by molar-refractivity contribution is -0.153.